The highest BCUT2D eigenvalue weighted by Gasteiger charge is 2.30. The number of hydrogen-bond donors (Lipinski definition) is 1. The van der Waals surface area contributed by atoms with Crippen LogP contribution in [0.25, 0.3) is 0 Å². The molecule has 4 nitrogen and oxygen atoms in total. The van der Waals surface area contributed by atoms with Crippen LogP contribution in [0.1, 0.15) is 52.5 Å². The summed E-state index contributed by atoms with van der Waals surface area (Å²) >= 11 is 1.50. The van der Waals surface area contributed by atoms with Crippen LogP contribution in [-0.4, -0.2) is 18.5 Å². The summed E-state index contributed by atoms with van der Waals surface area (Å²) in [5.41, 5.74) is 2.90. The first kappa shape index (κ1) is 18.4. The summed E-state index contributed by atoms with van der Waals surface area (Å²) in [7, 11) is 0. The van der Waals surface area contributed by atoms with Crippen LogP contribution >= 0.6 is 11.3 Å². The highest BCUT2D eigenvalue weighted by molar-refractivity contribution is 7.17. The number of amides is 1. The molecule has 136 valence electrons. The van der Waals surface area contributed by atoms with Crippen LogP contribution in [0, 0.1) is 0 Å². The molecule has 0 radical (unpaired) electrons. The molecular weight excluding hydrogens is 346 g/mol. The normalized spacial score (nSPS) is 16.3. The summed E-state index contributed by atoms with van der Waals surface area (Å²) in [6.07, 6.45) is 5.83. The van der Waals surface area contributed by atoms with Gasteiger partial charge in [-0.25, -0.2) is 4.79 Å². The van der Waals surface area contributed by atoms with Gasteiger partial charge in [0, 0.05) is 4.88 Å². The van der Waals surface area contributed by atoms with E-state index in [-0.39, 0.29) is 11.9 Å². The molecule has 1 atom stereocenters. The number of carbonyl (C=O) groups is 2. The molecule has 26 heavy (non-hydrogen) atoms. The van der Waals surface area contributed by atoms with E-state index >= 15 is 0 Å². The van der Waals surface area contributed by atoms with Gasteiger partial charge in [0.05, 0.1) is 12.2 Å². The second-order valence-electron chi connectivity index (χ2n) is 6.27. The van der Waals surface area contributed by atoms with E-state index in [9.17, 15) is 9.59 Å². The average molecular weight is 369 g/mol. The Kier molecular flexibility index (Phi) is 5.89. The molecule has 0 saturated heterocycles. The summed E-state index contributed by atoms with van der Waals surface area (Å²) in [6, 6.07) is 10.5. The van der Waals surface area contributed by atoms with Gasteiger partial charge in [0.2, 0.25) is 5.91 Å². The van der Waals surface area contributed by atoms with Gasteiger partial charge in [-0.3, -0.25) is 4.79 Å². The maximum atomic E-state index is 12.5. The first-order chi connectivity index (χ1) is 12.6. The molecule has 0 fully saturated rings. The number of nitrogens with one attached hydrogen (secondary N) is 1. The number of thiophene rings is 1. The zero-order chi connectivity index (χ0) is 18.5. The number of ether oxygens (including phenoxy) is 1. The van der Waals surface area contributed by atoms with Crippen LogP contribution < -0.4 is 5.32 Å². The molecule has 0 unspecified atom stereocenters. The third kappa shape index (κ3) is 3.88. The van der Waals surface area contributed by atoms with Gasteiger partial charge in [-0.05, 0) is 56.2 Å². The molecule has 1 aromatic carbocycles. The fourth-order valence-corrected chi connectivity index (χ4v) is 4.73. The van der Waals surface area contributed by atoms with E-state index in [1.54, 1.807) is 19.9 Å². The number of fused-ring (bicyclic) bond motifs is 1. The minimum Gasteiger partial charge on any atom is -0.462 e. The van der Waals surface area contributed by atoms with Crippen molar-refractivity contribution in [2.24, 2.45) is 0 Å². The summed E-state index contributed by atoms with van der Waals surface area (Å²) in [6.45, 7) is 3.90. The first-order valence-electron chi connectivity index (χ1n) is 8.94. The van der Waals surface area contributed by atoms with E-state index in [1.165, 1.54) is 27.9 Å². The van der Waals surface area contributed by atoms with Crippen LogP contribution in [0.2, 0.25) is 0 Å². The largest absolute Gasteiger partial charge is 0.462 e. The Hall–Kier alpha value is -2.40. The monoisotopic (exact) mass is 369 g/mol. The van der Waals surface area contributed by atoms with Crippen molar-refractivity contribution in [2.45, 2.75) is 39.0 Å². The first-order valence-corrected chi connectivity index (χ1v) is 9.76. The Morgan fingerprint density at radius 3 is 2.77 bits per heavy atom. The van der Waals surface area contributed by atoms with E-state index in [4.69, 9.17) is 4.74 Å². The van der Waals surface area contributed by atoms with Gasteiger partial charge < -0.3 is 10.1 Å². The molecule has 3 rings (SSSR count). The fraction of sp³-hybridized carbons (Fsp3) is 0.333. The van der Waals surface area contributed by atoms with Gasteiger partial charge >= 0.3 is 5.97 Å². The van der Waals surface area contributed by atoms with Crippen molar-refractivity contribution in [2.75, 3.05) is 11.9 Å². The number of anilines is 1. The van der Waals surface area contributed by atoms with Crippen molar-refractivity contribution in [1.82, 2.24) is 0 Å². The van der Waals surface area contributed by atoms with E-state index in [0.29, 0.717) is 23.1 Å². The van der Waals surface area contributed by atoms with Gasteiger partial charge in [-0.2, -0.15) is 0 Å². The average Bonchev–Trinajstić information content (AvgIpc) is 2.99. The Morgan fingerprint density at radius 1 is 1.31 bits per heavy atom. The van der Waals surface area contributed by atoms with Gasteiger partial charge in [-0.1, -0.05) is 36.4 Å². The highest BCUT2D eigenvalue weighted by atomic mass is 32.1. The van der Waals surface area contributed by atoms with Crippen LogP contribution in [0.5, 0.6) is 0 Å². The lowest BCUT2D eigenvalue weighted by Crippen LogP contribution is -2.16. The van der Waals surface area contributed by atoms with Crippen molar-refractivity contribution in [1.29, 1.82) is 0 Å². The van der Waals surface area contributed by atoms with Crippen molar-refractivity contribution in [3.8, 4) is 0 Å². The Balaban J connectivity index is 1.93. The summed E-state index contributed by atoms with van der Waals surface area (Å²) < 4.78 is 5.24. The zero-order valence-electron chi connectivity index (χ0n) is 15.1. The van der Waals surface area contributed by atoms with Crippen LogP contribution in [0.3, 0.4) is 0 Å². The standard InChI is InChI=1S/C21H23NO3S/c1-3-8-18(23)22-20-19(21(24)25-4-2)16-12-11-15(13-17(16)26-20)14-9-6-5-7-10-14/h3,5-10,15H,4,11-13H2,1-2H3,(H,22,23)/b8-3+/t15-/m0/s1. The Labute approximate surface area is 157 Å². The number of benzene rings is 1. The van der Waals surface area contributed by atoms with E-state index in [0.717, 1.165) is 24.8 Å². The molecule has 0 bridgehead atoms. The quantitative estimate of drug-likeness (QED) is 0.613. The Morgan fingerprint density at radius 2 is 2.08 bits per heavy atom. The predicted octanol–water partition coefficient (Wildman–Crippen LogP) is 4.71. The molecule has 0 aliphatic heterocycles. The predicted molar refractivity (Wildman–Crippen MR) is 105 cm³/mol. The Bertz CT molecular complexity index is 823. The minimum atomic E-state index is -0.348. The molecule has 1 N–H and O–H groups in total. The molecule has 5 heteroatoms. The lowest BCUT2D eigenvalue weighted by molar-refractivity contribution is -0.111. The number of hydrogen-bond acceptors (Lipinski definition) is 4. The van der Waals surface area contributed by atoms with Gasteiger partial charge in [0.25, 0.3) is 0 Å². The van der Waals surface area contributed by atoms with Gasteiger partial charge in [0.1, 0.15) is 5.00 Å². The molecule has 1 aromatic heterocycles. The second kappa shape index (κ2) is 8.32. The molecule has 2 aromatic rings. The van der Waals surface area contributed by atoms with Crippen molar-refractivity contribution >= 4 is 28.2 Å². The number of carbonyl (C=O) groups excluding carboxylic acids is 2. The SMILES string of the molecule is C/C=C/C(=O)Nc1sc2c(c1C(=O)OCC)CC[C@H](c1ccccc1)C2. The molecule has 1 heterocycles. The third-order valence-electron chi connectivity index (χ3n) is 4.57. The maximum absolute atomic E-state index is 12.5. The summed E-state index contributed by atoms with van der Waals surface area (Å²) in [5, 5.41) is 3.46. The van der Waals surface area contributed by atoms with Crippen LogP contribution in [0.15, 0.2) is 42.5 Å². The van der Waals surface area contributed by atoms with Crippen LogP contribution in [0.4, 0.5) is 5.00 Å². The number of esters is 1. The smallest absolute Gasteiger partial charge is 0.341 e. The molecule has 1 aliphatic rings. The zero-order valence-corrected chi connectivity index (χ0v) is 15.9. The summed E-state index contributed by atoms with van der Waals surface area (Å²) in [4.78, 5) is 25.7. The molecule has 0 spiro atoms. The molecule has 1 aliphatic carbocycles. The highest BCUT2D eigenvalue weighted by Crippen LogP contribution is 2.42. The maximum Gasteiger partial charge on any atom is 0.341 e. The lowest BCUT2D eigenvalue weighted by atomic mass is 9.83. The fourth-order valence-electron chi connectivity index (χ4n) is 3.41. The van der Waals surface area contributed by atoms with Gasteiger partial charge in [0.15, 0.2) is 0 Å². The van der Waals surface area contributed by atoms with E-state index < -0.39 is 0 Å². The molecule has 1 amide bonds. The topological polar surface area (TPSA) is 55.4 Å². The van der Waals surface area contributed by atoms with Crippen molar-refractivity contribution < 1.29 is 14.3 Å². The summed E-state index contributed by atoms with van der Waals surface area (Å²) in [5.74, 6) is -0.133. The lowest BCUT2D eigenvalue weighted by Gasteiger charge is -2.23. The van der Waals surface area contributed by atoms with Crippen LogP contribution in [-0.2, 0) is 22.4 Å². The molecular formula is C21H23NO3S. The van der Waals surface area contributed by atoms with Gasteiger partial charge in [-0.15, -0.1) is 11.3 Å². The number of rotatable bonds is 5. The van der Waals surface area contributed by atoms with Crippen molar-refractivity contribution in [3.63, 3.8) is 0 Å². The number of allylic oxidation sites excluding steroid dienone is 1. The van der Waals surface area contributed by atoms with Crippen molar-refractivity contribution in [3.05, 3.63) is 64.1 Å². The third-order valence-corrected chi connectivity index (χ3v) is 5.74. The van der Waals surface area contributed by atoms with E-state index in [2.05, 4.69) is 29.6 Å². The minimum absolute atomic E-state index is 0.226. The molecule has 0 saturated carbocycles. The van der Waals surface area contributed by atoms with E-state index in [1.807, 2.05) is 6.07 Å². The second-order valence-corrected chi connectivity index (χ2v) is 7.37.